The lowest BCUT2D eigenvalue weighted by Gasteiger charge is -2.26. The fourth-order valence-corrected chi connectivity index (χ4v) is 4.00. The minimum Gasteiger partial charge on any atom is -0.508 e. The number of aromatic hydroxyl groups is 1. The Kier molecular flexibility index (Phi) is 5.17. The van der Waals surface area contributed by atoms with Crippen LogP contribution in [0.5, 0.6) is 5.75 Å². The average Bonchev–Trinajstić information content (AvgIpc) is 2.81. The van der Waals surface area contributed by atoms with Gasteiger partial charge in [0.2, 0.25) is 0 Å². The summed E-state index contributed by atoms with van der Waals surface area (Å²) in [5, 5.41) is 23.7. The van der Waals surface area contributed by atoms with E-state index in [1.807, 2.05) is 12.1 Å². The molecule has 0 aromatic heterocycles. The van der Waals surface area contributed by atoms with Gasteiger partial charge in [-0.15, -0.1) is 0 Å². The summed E-state index contributed by atoms with van der Waals surface area (Å²) in [4.78, 5) is 0. The maximum atomic E-state index is 10.4. The Bertz CT molecular complexity index is 435. The highest BCUT2D eigenvalue weighted by atomic mass is 79.9. The molecule has 2 rings (SSSR count). The van der Waals surface area contributed by atoms with Crippen molar-refractivity contribution in [3.63, 3.8) is 0 Å². The molecule has 0 radical (unpaired) electrons. The first-order chi connectivity index (χ1) is 9.04. The number of rotatable bonds is 5. The molecule has 0 saturated carbocycles. The SMILES string of the molecule is CCC(NCC1(O)CCSC1)c1cc(Br)ccc1O. The summed E-state index contributed by atoms with van der Waals surface area (Å²) in [5.41, 5.74) is 0.283. The van der Waals surface area contributed by atoms with Crippen molar-refractivity contribution in [1.82, 2.24) is 5.32 Å². The van der Waals surface area contributed by atoms with Crippen LogP contribution in [0.25, 0.3) is 0 Å². The minimum atomic E-state index is -0.598. The topological polar surface area (TPSA) is 52.5 Å². The van der Waals surface area contributed by atoms with Crippen molar-refractivity contribution >= 4 is 27.7 Å². The maximum Gasteiger partial charge on any atom is 0.120 e. The van der Waals surface area contributed by atoms with Gasteiger partial charge in [-0.25, -0.2) is 0 Å². The van der Waals surface area contributed by atoms with Gasteiger partial charge < -0.3 is 15.5 Å². The van der Waals surface area contributed by atoms with Gasteiger partial charge >= 0.3 is 0 Å². The molecule has 0 aliphatic carbocycles. The molecule has 1 aliphatic rings. The highest BCUT2D eigenvalue weighted by Gasteiger charge is 2.32. The molecular weight excluding hydrogens is 326 g/mol. The molecule has 3 N–H and O–H groups in total. The van der Waals surface area contributed by atoms with Crippen molar-refractivity contribution in [3.05, 3.63) is 28.2 Å². The number of hydrogen-bond acceptors (Lipinski definition) is 4. The molecule has 1 aromatic rings. The third kappa shape index (κ3) is 3.88. The molecule has 19 heavy (non-hydrogen) atoms. The summed E-state index contributed by atoms with van der Waals surface area (Å²) in [5.74, 6) is 2.12. The Hall–Kier alpha value is -0.230. The van der Waals surface area contributed by atoms with Crippen LogP contribution in [0.2, 0.25) is 0 Å². The van der Waals surface area contributed by atoms with E-state index in [1.54, 1.807) is 17.8 Å². The third-order valence-electron chi connectivity index (χ3n) is 3.53. The summed E-state index contributed by atoms with van der Waals surface area (Å²) in [6, 6.07) is 5.52. The number of thioether (sulfide) groups is 1. The molecule has 5 heteroatoms. The van der Waals surface area contributed by atoms with E-state index in [0.717, 1.165) is 34.4 Å². The second kappa shape index (κ2) is 6.48. The second-order valence-electron chi connectivity index (χ2n) is 5.07. The highest BCUT2D eigenvalue weighted by molar-refractivity contribution is 9.10. The normalized spacial score (nSPS) is 24.6. The molecule has 2 unspecified atom stereocenters. The zero-order valence-corrected chi connectivity index (χ0v) is 13.4. The fraction of sp³-hybridized carbons (Fsp3) is 0.571. The first-order valence-electron chi connectivity index (χ1n) is 6.56. The van der Waals surface area contributed by atoms with E-state index in [4.69, 9.17) is 0 Å². The van der Waals surface area contributed by atoms with Gasteiger partial charge in [0, 0.05) is 28.4 Å². The third-order valence-corrected chi connectivity index (χ3v) is 5.26. The molecular formula is C14H20BrNO2S. The maximum absolute atomic E-state index is 10.4. The van der Waals surface area contributed by atoms with Gasteiger partial charge in [-0.2, -0.15) is 11.8 Å². The Labute approximate surface area is 126 Å². The van der Waals surface area contributed by atoms with Crippen LogP contribution < -0.4 is 5.32 Å². The molecule has 0 amide bonds. The number of nitrogens with one attached hydrogen (secondary N) is 1. The summed E-state index contributed by atoms with van der Waals surface area (Å²) in [7, 11) is 0. The van der Waals surface area contributed by atoms with E-state index in [2.05, 4.69) is 28.2 Å². The van der Waals surface area contributed by atoms with Gasteiger partial charge in [0.25, 0.3) is 0 Å². The summed E-state index contributed by atoms with van der Waals surface area (Å²) in [6.45, 7) is 2.65. The quantitative estimate of drug-likeness (QED) is 0.767. The Morgan fingerprint density at radius 3 is 2.95 bits per heavy atom. The summed E-state index contributed by atoms with van der Waals surface area (Å²) < 4.78 is 0.954. The van der Waals surface area contributed by atoms with Crippen molar-refractivity contribution in [2.75, 3.05) is 18.1 Å². The van der Waals surface area contributed by atoms with Gasteiger partial charge in [0.15, 0.2) is 0 Å². The summed E-state index contributed by atoms with van der Waals surface area (Å²) >= 11 is 5.22. The van der Waals surface area contributed by atoms with Gasteiger partial charge in [0.05, 0.1) is 5.60 Å². The Balaban J connectivity index is 2.05. The first kappa shape index (κ1) is 15.2. The van der Waals surface area contributed by atoms with E-state index in [9.17, 15) is 10.2 Å². The molecule has 1 aromatic carbocycles. The van der Waals surface area contributed by atoms with E-state index < -0.39 is 5.60 Å². The molecule has 1 fully saturated rings. The molecule has 3 nitrogen and oxygen atoms in total. The van der Waals surface area contributed by atoms with Crippen molar-refractivity contribution in [2.24, 2.45) is 0 Å². The minimum absolute atomic E-state index is 0.0622. The van der Waals surface area contributed by atoms with Gasteiger partial charge in [-0.05, 0) is 36.8 Å². The van der Waals surface area contributed by atoms with Crippen LogP contribution in [-0.4, -0.2) is 33.9 Å². The van der Waals surface area contributed by atoms with Crippen LogP contribution in [0.3, 0.4) is 0 Å². The van der Waals surface area contributed by atoms with Gasteiger partial charge in [-0.3, -0.25) is 0 Å². The van der Waals surface area contributed by atoms with E-state index >= 15 is 0 Å². The van der Waals surface area contributed by atoms with Crippen molar-refractivity contribution in [3.8, 4) is 5.75 Å². The first-order valence-corrected chi connectivity index (χ1v) is 8.51. The van der Waals surface area contributed by atoms with Crippen molar-refractivity contribution < 1.29 is 10.2 Å². The van der Waals surface area contributed by atoms with Crippen LogP contribution in [-0.2, 0) is 0 Å². The zero-order valence-electron chi connectivity index (χ0n) is 11.0. The smallest absolute Gasteiger partial charge is 0.120 e. The monoisotopic (exact) mass is 345 g/mol. The number of hydrogen-bond donors (Lipinski definition) is 3. The van der Waals surface area contributed by atoms with Gasteiger partial charge in [0.1, 0.15) is 5.75 Å². The van der Waals surface area contributed by atoms with Crippen LogP contribution in [0, 0.1) is 0 Å². The van der Waals surface area contributed by atoms with Crippen LogP contribution in [0.1, 0.15) is 31.4 Å². The molecule has 1 aliphatic heterocycles. The van der Waals surface area contributed by atoms with Crippen LogP contribution >= 0.6 is 27.7 Å². The number of phenols is 1. The highest BCUT2D eigenvalue weighted by Crippen LogP contribution is 2.31. The largest absolute Gasteiger partial charge is 0.508 e. The predicted molar refractivity (Wildman–Crippen MR) is 83.7 cm³/mol. The number of aliphatic hydroxyl groups is 1. The molecule has 2 atom stereocenters. The molecule has 0 spiro atoms. The van der Waals surface area contributed by atoms with E-state index in [1.165, 1.54) is 0 Å². The molecule has 106 valence electrons. The Morgan fingerprint density at radius 2 is 2.32 bits per heavy atom. The lowest BCUT2D eigenvalue weighted by atomic mass is 10.00. The standard InChI is InChI=1S/C14H20BrNO2S/c1-2-12(11-7-10(15)3-4-13(11)17)16-8-14(18)5-6-19-9-14/h3-4,7,12,16-18H,2,5-6,8-9H2,1H3. The van der Waals surface area contributed by atoms with Crippen LogP contribution in [0.4, 0.5) is 0 Å². The molecule has 1 saturated heterocycles. The lowest BCUT2D eigenvalue weighted by Crippen LogP contribution is -2.41. The summed E-state index contributed by atoms with van der Waals surface area (Å²) in [6.07, 6.45) is 1.71. The number of phenolic OH excluding ortho intramolecular Hbond substituents is 1. The average molecular weight is 346 g/mol. The predicted octanol–water partition coefficient (Wildman–Crippen LogP) is 3.06. The second-order valence-corrected chi connectivity index (χ2v) is 7.09. The van der Waals surface area contributed by atoms with Crippen molar-refractivity contribution in [1.29, 1.82) is 0 Å². The molecule has 1 heterocycles. The van der Waals surface area contributed by atoms with E-state index in [-0.39, 0.29) is 6.04 Å². The lowest BCUT2D eigenvalue weighted by molar-refractivity contribution is 0.0642. The number of halogens is 1. The van der Waals surface area contributed by atoms with Crippen LogP contribution in [0.15, 0.2) is 22.7 Å². The van der Waals surface area contributed by atoms with E-state index in [0.29, 0.717) is 12.3 Å². The van der Waals surface area contributed by atoms with Gasteiger partial charge in [-0.1, -0.05) is 22.9 Å². The fourth-order valence-electron chi connectivity index (χ4n) is 2.33. The zero-order chi connectivity index (χ0) is 13.9. The van der Waals surface area contributed by atoms with Crippen molar-refractivity contribution in [2.45, 2.75) is 31.4 Å². The number of benzene rings is 1. The Morgan fingerprint density at radius 1 is 1.53 bits per heavy atom. The molecule has 0 bridgehead atoms.